The Morgan fingerprint density at radius 3 is 2.81 bits per heavy atom. The Morgan fingerprint density at radius 2 is 2.19 bits per heavy atom. The number of likely N-dealkylation sites (N-methyl/N-ethyl adjacent to an activating group) is 1. The molecule has 2 aliphatic heterocycles. The van der Waals surface area contributed by atoms with Crippen LogP contribution < -0.4 is 0 Å². The quantitative estimate of drug-likeness (QED) is 0.650. The van der Waals surface area contributed by atoms with Gasteiger partial charge in [-0.1, -0.05) is 0 Å². The number of morpholine rings is 1. The smallest absolute Gasteiger partial charge is 0.326 e. The predicted molar refractivity (Wildman–Crippen MR) is 72.4 cm³/mol. The van der Waals surface area contributed by atoms with Crippen LogP contribution in [0.15, 0.2) is 0 Å². The van der Waals surface area contributed by atoms with Crippen molar-refractivity contribution in [2.45, 2.75) is 18.9 Å². The van der Waals surface area contributed by atoms with E-state index < -0.39 is 0 Å². The van der Waals surface area contributed by atoms with Crippen LogP contribution in [-0.2, 0) is 14.3 Å². The van der Waals surface area contributed by atoms with E-state index in [4.69, 9.17) is 4.74 Å². The van der Waals surface area contributed by atoms with Gasteiger partial charge in [0.05, 0.1) is 25.9 Å². The van der Waals surface area contributed by atoms with Crippen LogP contribution in [-0.4, -0.2) is 90.2 Å². The molecule has 0 spiro atoms. The second-order valence-electron chi connectivity index (χ2n) is 5.29. The number of carbonyl (C=O) groups is 3. The van der Waals surface area contributed by atoms with Crippen molar-refractivity contribution < 1.29 is 24.2 Å². The highest BCUT2D eigenvalue weighted by molar-refractivity contribution is 6.01. The molecule has 0 aromatic carbocycles. The summed E-state index contributed by atoms with van der Waals surface area (Å²) in [5, 5.41) is 9.23. The Labute approximate surface area is 123 Å². The van der Waals surface area contributed by atoms with Gasteiger partial charge in [-0.3, -0.25) is 14.5 Å². The number of hydrogen-bond donors (Lipinski definition) is 1. The Bertz CT molecular complexity index is 428. The molecular formula is C13H21N3O5. The van der Waals surface area contributed by atoms with Crippen LogP contribution in [0.5, 0.6) is 0 Å². The number of imide groups is 1. The molecule has 0 aromatic heterocycles. The first-order chi connectivity index (χ1) is 10.0. The van der Waals surface area contributed by atoms with Crippen LogP contribution in [0.4, 0.5) is 4.79 Å². The van der Waals surface area contributed by atoms with Gasteiger partial charge in [0.25, 0.3) is 0 Å². The molecule has 1 N–H and O–H groups in total. The maximum Gasteiger partial charge on any atom is 0.326 e. The number of rotatable bonds is 5. The molecule has 8 heteroatoms. The first kappa shape index (κ1) is 15.7. The molecule has 0 saturated carbocycles. The van der Waals surface area contributed by atoms with E-state index in [0.29, 0.717) is 26.2 Å². The molecule has 0 bridgehead atoms. The summed E-state index contributed by atoms with van der Waals surface area (Å²) in [5.74, 6) is -0.306. The lowest BCUT2D eigenvalue weighted by Crippen LogP contribution is -2.50. The maximum absolute atomic E-state index is 12.1. The fourth-order valence-corrected chi connectivity index (χ4v) is 2.56. The molecule has 2 saturated heterocycles. The summed E-state index contributed by atoms with van der Waals surface area (Å²) in [6.07, 6.45) is 0.678. The van der Waals surface area contributed by atoms with Crippen molar-refractivity contribution in [3.05, 3.63) is 0 Å². The molecular weight excluding hydrogens is 278 g/mol. The highest BCUT2D eigenvalue weighted by Gasteiger charge is 2.33. The van der Waals surface area contributed by atoms with Crippen molar-refractivity contribution in [3.8, 4) is 0 Å². The largest absolute Gasteiger partial charge is 0.394 e. The van der Waals surface area contributed by atoms with Crippen LogP contribution in [0.1, 0.15) is 12.8 Å². The standard InChI is InChI=1S/C13H21N3O5/c1-14-7-12(19)16(13(14)20)4-2-3-11(18)15-5-6-21-9-10(15)8-17/h10,17H,2-9H2,1H3. The van der Waals surface area contributed by atoms with Gasteiger partial charge in [-0.25, -0.2) is 4.79 Å². The molecule has 0 radical (unpaired) electrons. The van der Waals surface area contributed by atoms with Crippen LogP contribution in [0.3, 0.4) is 0 Å². The van der Waals surface area contributed by atoms with Crippen molar-refractivity contribution in [2.75, 3.05) is 46.5 Å². The molecule has 2 heterocycles. The number of urea groups is 1. The highest BCUT2D eigenvalue weighted by atomic mass is 16.5. The fourth-order valence-electron chi connectivity index (χ4n) is 2.56. The van der Waals surface area contributed by atoms with E-state index in [9.17, 15) is 19.5 Å². The van der Waals surface area contributed by atoms with Crippen LogP contribution in [0, 0.1) is 0 Å². The lowest BCUT2D eigenvalue weighted by Gasteiger charge is -2.34. The van der Waals surface area contributed by atoms with Gasteiger partial charge in [-0.05, 0) is 6.42 Å². The van der Waals surface area contributed by atoms with Crippen molar-refractivity contribution in [1.29, 1.82) is 0 Å². The van der Waals surface area contributed by atoms with Gasteiger partial charge in [0, 0.05) is 26.6 Å². The Hall–Kier alpha value is -1.67. The third kappa shape index (κ3) is 3.51. The van der Waals surface area contributed by atoms with E-state index in [2.05, 4.69) is 0 Å². The molecule has 1 unspecified atom stereocenters. The molecule has 0 aromatic rings. The lowest BCUT2D eigenvalue weighted by atomic mass is 10.2. The third-order valence-electron chi connectivity index (χ3n) is 3.76. The van der Waals surface area contributed by atoms with Gasteiger partial charge in [-0.15, -0.1) is 0 Å². The summed E-state index contributed by atoms with van der Waals surface area (Å²) >= 11 is 0. The molecule has 0 aliphatic carbocycles. The highest BCUT2D eigenvalue weighted by Crippen LogP contribution is 2.12. The van der Waals surface area contributed by atoms with Crippen LogP contribution in [0.25, 0.3) is 0 Å². The first-order valence-corrected chi connectivity index (χ1v) is 7.08. The summed E-state index contributed by atoms with van der Waals surface area (Å²) < 4.78 is 5.22. The van der Waals surface area contributed by atoms with E-state index in [-0.39, 0.29) is 50.0 Å². The first-order valence-electron chi connectivity index (χ1n) is 7.08. The average Bonchev–Trinajstić information content (AvgIpc) is 2.73. The second kappa shape index (κ2) is 6.86. The van der Waals surface area contributed by atoms with Crippen molar-refractivity contribution in [3.63, 3.8) is 0 Å². The summed E-state index contributed by atoms with van der Waals surface area (Å²) in [5.41, 5.74) is 0. The van der Waals surface area contributed by atoms with Gasteiger partial charge in [0.15, 0.2) is 0 Å². The number of hydrogen-bond acceptors (Lipinski definition) is 5. The van der Waals surface area contributed by atoms with Crippen LogP contribution >= 0.6 is 0 Å². The zero-order chi connectivity index (χ0) is 15.4. The van der Waals surface area contributed by atoms with Crippen LogP contribution in [0.2, 0.25) is 0 Å². The van der Waals surface area contributed by atoms with E-state index >= 15 is 0 Å². The molecule has 2 fully saturated rings. The van der Waals surface area contributed by atoms with Crippen molar-refractivity contribution in [2.24, 2.45) is 0 Å². The number of nitrogens with zero attached hydrogens (tertiary/aromatic N) is 3. The molecule has 8 nitrogen and oxygen atoms in total. The molecule has 2 rings (SSSR count). The fraction of sp³-hybridized carbons (Fsp3) is 0.769. The minimum atomic E-state index is -0.313. The SMILES string of the molecule is CN1CC(=O)N(CCCC(=O)N2CCOCC2CO)C1=O. The maximum atomic E-state index is 12.1. The summed E-state index contributed by atoms with van der Waals surface area (Å²) in [7, 11) is 1.57. The molecule has 118 valence electrons. The van der Waals surface area contributed by atoms with E-state index in [1.54, 1.807) is 11.9 Å². The van der Waals surface area contributed by atoms with E-state index in [1.165, 1.54) is 9.80 Å². The molecule has 21 heavy (non-hydrogen) atoms. The summed E-state index contributed by atoms with van der Waals surface area (Å²) in [6.45, 7) is 1.50. The van der Waals surface area contributed by atoms with Gasteiger partial charge >= 0.3 is 6.03 Å². The Balaban J connectivity index is 1.79. The summed E-state index contributed by atoms with van der Waals surface area (Å²) in [4.78, 5) is 39.5. The normalized spacial score (nSPS) is 23.1. The molecule has 2 aliphatic rings. The predicted octanol–water partition coefficient (Wildman–Crippen LogP) is -1.12. The zero-order valence-corrected chi connectivity index (χ0v) is 12.2. The second-order valence-corrected chi connectivity index (χ2v) is 5.29. The Kier molecular flexibility index (Phi) is 5.13. The minimum Gasteiger partial charge on any atom is -0.394 e. The van der Waals surface area contributed by atoms with E-state index in [0.717, 1.165) is 0 Å². The minimum absolute atomic E-state index is 0.0789. The average molecular weight is 299 g/mol. The topological polar surface area (TPSA) is 90.4 Å². The monoisotopic (exact) mass is 299 g/mol. The van der Waals surface area contributed by atoms with Gasteiger partial charge in [0.2, 0.25) is 11.8 Å². The number of carbonyl (C=O) groups excluding carboxylic acids is 3. The number of aliphatic hydroxyl groups excluding tert-OH is 1. The number of amides is 4. The van der Waals surface area contributed by atoms with E-state index in [1.807, 2.05) is 0 Å². The van der Waals surface area contributed by atoms with Gasteiger partial charge in [-0.2, -0.15) is 0 Å². The molecule has 4 amide bonds. The van der Waals surface area contributed by atoms with Crippen molar-refractivity contribution >= 4 is 17.8 Å². The third-order valence-corrected chi connectivity index (χ3v) is 3.76. The number of aliphatic hydroxyl groups is 1. The number of ether oxygens (including phenoxy) is 1. The zero-order valence-electron chi connectivity index (χ0n) is 12.2. The summed E-state index contributed by atoms with van der Waals surface area (Å²) in [6, 6.07) is -0.612. The van der Waals surface area contributed by atoms with Gasteiger partial charge < -0.3 is 19.6 Å². The lowest BCUT2D eigenvalue weighted by molar-refractivity contribution is -0.142. The molecule has 1 atom stereocenters. The van der Waals surface area contributed by atoms with Gasteiger partial charge in [0.1, 0.15) is 6.54 Å². The Morgan fingerprint density at radius 1 is 1.43 bits per heavy atom. The van der Waals surface area contributed by atoms with Crippen molar-refractivity contribution in [1.82, 2.24) is 14.7 Å².